The lowest BCUT2D eigenvalue weighted by atomic mass is 9.93. The van der Waals surface area contributed by atoms with E-state index in [0.717, 1.165) is 18.3 Å². The van der Waals surface area contributed by atoms with Crippen molar-refractivity contribution >= 4 is 0 Å². The first-order valence-corrected chi connectivity index (χ1v) is 7.17. The molecule has 0 rings (SSSR count). The van der Waals surface area contributed by atoms with Crippen LogP contribution < -0.4 is 0 Å². The highest BCUT2D eigenvalue weighted by Gasteiger charge is 2.05. The molecule has 16 heavy (non-hydrogen) atoms. The molecular weight excluding hydrogens is 196 g/mol. The van der Waals surface area contributed by atoms with Gasteiger partial charge in [-0.15, -0.1) is 0 Å². The third-order valence-corrected chi connectivity index (χ3v) is 3.49. The third-order valence-electron chi connectivity index (χ3n) is 3.49. The second-order valence-electron chi connectivity index (χ2n) is 5.98. The monoisotopic (exact) mass is 228 g/mol. The molecule has 0 saturated heterocycles. The summed E-state index contributed by atoms with van der Waals surface area (Å²) in [4.78, 5) is 0. The Morgan fingerprint density at radius 1 is 0.688 bits per heavy atom. The Bertz CT molecular complexity index is 142. The Kier molecular flexibility index (Phi) is 10.1. The van der Waals surface area contributed by atoms with Gasteiger partial charge in [-0.2, -0.15) is 0 Å². The van der Waals surface area contributed by atoms with Crippen molar-refractivity contribution in [2.24, 2.45) is 17.8 Å². The van der Waals surface area contributed by atoms with Crippen LogP contribution in [0.15, 0.2) is 0 Å². The largest absolute Gasteiger partial charge is 0.396 e. The fourth-order valence-electron chi connectivity index (χ4n) is 2.20. The quantitative estimate of drug-likeness (QED) is 0.577. The van der Waals surface area contributed by atoms with Crippen LogP contribution in [0.4, 0.5) is 0 Å². The van der Waals surface area contributed by atoms with Crippen LogP contribution in [0.5, 0.6) is 0 Å². The molecule has 0 spiro atoms. The molecule has 1 heteroatoms. The minimum Gasteiger partial charge on any atom is -0.396 e. The standard InChI is InChI=1S/C15H32O/c1-13(2)7-5-8-14(3)9-6-10-15(4)11-12-16/h13-16H,5-12H2,1-4H3/t14-,15?/m1/s1. The van der Waals surface area contributed by atoms with Gasteiger partial charge in [0.05, 0.1) is 0 Å². The Morgan fingerprint density at radius 2 is 1.12 bits per heavy atom. The number of rotatable bonds is 10. The Balaban J connectivity index is 3.32. The van der Waals surface area contributed by atoms with E-state index in [4.69, 9.17) is 5.11 Å². The molecule has 0 radical (unpaired) electrons. The van der Waals surface area contributed by atoms with Crippen molar-refractivity contribution in [3.8, 4) is 0 Å². The first kappa shape index (κ1) is 16.0. The predicted octanol–water partition coefficient (Wildman–Crippen LogP) is 4.64. The molecule has 0 aromatic heterocycles. The Hall–Kier alpha value is -0.0400. The topological polar surface area (TPSA) is 20.2 Å². The van der Waals surface area contributed by atoms with E-state index < -0.39 is 0 Å². The van der Waals surface area contributed by atoms with Crippen LogP contribution in [0.2, 0.25) is 0 Å². The van der Waals surface area contributed by atoms with E-state index in [2.05, 4.69) is 27.7 Å². The molecule has 0 amide bonds. The summed E-state index contributed by atoms with van der Waals surface area (Å²) < 4.78 is 0. The minimum atomic E-state index is 0.352. The van der Waals surface area contributed by atoms with Gasteiger partial charge >= 0.3 is 0 Å². The zero-order chi connectivity index (χ0) is 12.4. The molecule has 0 aliphatic heterocycles. The van der Waals surface area contributed by atoms with Gasteiger partial charge in [-0.05, 0) is 24.2 Å². The molecule has 0 heterocycles. The summed E-state index contributed by atoms with van der Waals surface area (Å²) in [5.41, 5.74) is 0. The van der Waals surface area contributed by atoms with E-state index >= 15 is 0 Å². The molecular formula is C15H32O. The van der Waals surface area contributed by atoms with E-state index in [0.29, 0.717) is 12.5 Å². The van der Waals surface area contributed by atoms with Crippen molar-refractivity contribution in [2.75, 3.05) is 6.61 Å². The highest BCUT2D eigenvalue weighted by molar-refractivity contribution is 4.58. The number of hydrogen-bond donors (Lipinski definition) is 1. The highest BCUT2D eigenvalue weighted by atomic mass is 16.3. The predicted molar refractivity (Wildman–Crippen MR) is 72.6 cm³/mol. The second-order valence-corrected chi connectivity index (χ2v) is 5.98. The van der Waals surface area contributed by atoms with Crippen LogP contribution in [-0.2, 0) is 0 Å². The first-order valence-electron chi connectivity index (χ1n) is 7.17. The van der Waals surface area contributed by atoms with Crippen LogP contribution in [-0.4, -0.2) is 11.7 Å². The van der Waals surface area contributed by atoms with Gasteiger partial charge in [0.2, 0.25) is 0 Å². The first-order chi connectivity index (χ1) is 7.56. The third kappa shape index (κ3) is 10.5. The van der Waals surface area contributed by atoms with E-state index in [1.807, 2.05) is 0 Å². The number of aliphatic hydroxyl groups is 1. The summed E-state index contributed by atoms with van der Waals surface area (Å²) in [6, 6.07) is 0. The van der Waals surface area contributed by atoms with E-state index in [9.17, 15) is 0 Å². The van der Waals surface area contributed by atoms with E-state index in [1.54, 1.807) is 0 Å². The second kappa shape index (κ2) is 10.1. The van der Waals surface area contributed by atoms with E-state index in [-0.39, 0.29) is 0 Å². The molecule has 1 unspecified atom stereocenters. The van der Waals surface area contributed by atoms with Crippen LogP contribution in [0.3, 0.4) is 0 Å². The van der Waals surface area contributed by atoms with Crippen molar-refractivity contribution in [2.45, 2.75) is 72.6 Å². The molecule has 0 aromatic rings. The maximum atomic E-state index is 8.81. The molecule has 0 aliphatic rings. The minimum absolute atomic E-state index is 0.352. The van der Waals surface area contributed by atoms with Gasteiger partial charge in [-0.1, -0.05) is 66.2 Å². The van der Waals surface area contributed by atoms with Gasteiger partial charge in [-0.3, -0.25) is 0 Å². The summed E-state index contributed by atoms with van der Waals surface area (Å²) in [6.07, 6.45) is 9.14. The zero-order valence-electron chi connectivity index (χ0n) is 11.8. The fraction of sp³-hybridized carbons (Fsp3) is 1.00. The van der Waals surface area contributed by atoms with Gasteiger partial charge in [0.25, 0.3) is 0 Å². The average molecular weight is 228 g/mol. The molecule has 0 aromatic carbocycles. The SMILES string of the molecule is CC(C)CCC[C@@H](C)CCCC(C)CCO. The molecule has 0 aliphatic carbocycles. The van der Waals surface area contributed by atoms with Crippen molar-refractivity contribution in [1.29, 1.82) is 0 Å². The lowest BCUT2D eigenvalue weighted by molar-refractivity contribution is 0.255. The maximum absolute atomic E-state index is 8.81. The van der Waals surface area contributed by atoms with Gasteiger partial charge in [-0.25, -0.2) is 0 Å². The molecule has 0 bridgehead atoms. The van der Waals surface area contributed by atoms with Gasteiger partial charge in [0.1, 0.15) is 0 Å². The zero-order valence-corrected chi connectivity index (χ0v) is 11.8. The normalized spacial score (nSPS) is 15.4. The van der Waals surface area contributed by atoms with E-state index in [1.165, 1.54) is 38.5 Å². The Morgan fingerprint density at radius 3 is 1.56 bits per heavy atom. The van der Waals surface area contributed by atoms with Gasteiger partial charge < -0.3 is 5.11 Å². The maximum Gasteiger partial charge on any atom is 0.0433 e. The molecule has 2 atom stereocenters. The molecule has 1 N–H and O–H groups in total. The van der Waals surface area contributed by atoms with Crippen molar-refractivity contribution < 1.29 is 5.11 Å². The van der Waals surface area contributed by atoms with Gasteiger partial charge in [0, 0.05) is 6.61 Å². The average Bonchev–Trinajstić information content (AvgIpc) is 2.17. The summed E-state index contributed by atoms with van der Waals surface area (Å²) in [7, 11) is 0. The van der Waals surface area contributed by atoms with Crippen LogP contribution >= 0.6 is 0 Å². The number of hydrogen-bond acceptors (Lipinski definition) is 1. The van der Waals surface area contributed by atoms with Crippen molar-refractivity contribution in [1.82, 2.24) is 0 Å². The molecule has 0 saturated carbocycles. The lowest BCUT2D eigenvalue weighted by Crippen LogP contribution is -2.01. The van der Waals surface area contributed by atoms with Crippen molar-refractivity contribution in [3.63, 3.8) is 0 Å². The van der Waals surface area contributed by atoms with Gasteiger partial charge in [0.15, 0.2) is 0 Å². The highest BCUT2D eigenvalue weighted by Crippen LogP contribution is 2.19. The van der Waals surface area contributed by atoms with Crippen LogP contribution in [0.1, 0.15) is 72.6 Å². The summed E-state index contributed by atoms with van der Waals surface area (Å²) >= 11 is 0. The smallest absolute Gasteiger partial charge is 0.0433 e. The molecule has 0 fully saturated rings. The summed E-state index contributed by atoms with van der Waals surface area (Å²) in [5, 5.41) is 8.81. The fourth-order valence-corrected chi connectivity index (χ4v) is 2.20. The van der Waals surface area contributed by atoms with Crippen LogP contribution in [0.25, 0.3) is 0 Å². The van der Waals surface area contributed by atoms with Crippen molar-refractivity contribution in [3.05, 3.63) is 0 Å². The Labute approximate surface area is 103 Å². The summed E-state index contributed by atoms with van der Waals surface area (Å²) in [6.45, 7) is 9.60. The summed E-state index contributed by atoms with van der Waals surface area (Å²) in [5.74, 6) is 2.45. The van der Waals surface area contributed by atoms with Crippen LogP contribution in [0, 0.1) is 17.8 Å². The number of aliphatic hydroxyl groups excluding tert-OH is 1. The molecule has 98 valence electrons. The lowest BCUT2D eigenvalue weighted by Gasteiger charge is -2.14. The molecule has 1 nitrogen and oxygen atoms in total.